The maximum absolute atomic E-state index is 11.7. The number of hydrogen-bond donors (Lipinski definition) is 1. The van der Waals surface area contributed by atoms with Gasteiger partial charge in [-0.05, 0) is 30.4 Å². The lowest BCUT2D eigenvalue weighted by Crippen LogP contribution is -2.20. The van der Waals surface area contributed by atoms with Crippen LogP contribution in [0.5, 0.6) is 5.75 Å². The Kier molecular flexibility index (Phi) is 5.37. The van der Waals surface area contributed by atoms with E-state index in [1.165, 1.54) is 11.3 Å². The zero-order valence-electron chi connectivity index (χ0n) is 11.3. The van der Waals surface area contributed by atoms with Crippen LogP contribution in [0, 0.1) is 6.92 Å². The SMILES string of the molecule is CCSc1nnc(NC(=O)COc2cccc(C)c2)s1. The zero-order chi connectivity index (χ0) is 14.4. The molecule has 0 bridgehead atoms. The van der Waals surface area contributed by atoms with Crippen molar-refractivity contribution in [1.29, 1.82) is 0 Å². The first kappa shape index (κ1) is 14.8. The molecule has 0 saturated heterocycles. The van der Waals surface area contributed by atoms with Gasteiger partial charge in [-0.25, -0.2) is 0 Å². The third kappa shape index (κ3) is 4.50. The number of aromatic nitrogens is 2. The van der Waals surface area contributed by atoms with Crippen LogP contribution in [-0.2, 0) is 4.79 Å². The molecule has 0 aliphatic rings. The smallest absolute Gasteiger partial charge is 0.264 e. The Bertz CT molecular complexity index is 587. The van der Waals surface area contributed by atoms with Crippen LogP contribution in [0.3, 0.4) is 0 Å². The molecule has 0 fully saturated rings. The molecule has 1 aromatic carbocycles. The Hall–Kier alpha value is -1.60. The molecule has 1 N–H and O–H groups in total. The van der Waals surface area contributed by atoms with Gasteiger partial charge in [0.05, 0.1) is 0 Å². The number of carbonyl (C=O) groups excluding carboxylic acids is 1. The van der Waals surface area contributed by atoms with E-state index in [4.69, 9.17) is 4.74 Å². The molecule has 0 aliphatic carbocycles. The highest BCUT2D eigenvalue weighted by Crippen LogP contribution is 2.24. The summed E-state index contributed by atoms with van der Waals surface area (Å²) in [5.74, 6) is 1.37. The second-order valence-electron chi connectivity index (χ2n) is 3.96. The van der Waals surface area contributed by atoms with Crippen molar-refractivity contribution in [2.75, 3.05) is 17.7 Å². The summed E-state index contributed by atoms with van der Waals surface area (Å²) in [5, 5.41) is 11.0. The summed E-state index contributed by atoms with van der Waals surface area (Å²) in [6.07, 6.45) is 0. The first-order valence-electron chi connectivity index (χ1n) is 6.13. The van der Waals surface area contributed by atoms with E-state index in [0.29, 0.717) is 10.9 Å². The lowest BCUT2D eigenvalue weighted by molar-refractivity contribution is -0.118. The zero-order valence-corrected chi connectivity index (χ0v) is 12.9. The average molecular weight is 309 g/mol. The minimum atomic E-state index is -0.240. The summed E-state index contributed by atoms with van der Waals surface area (Å²) in [6, 6.07) is 7.57. The first-order chi connectivity index (χ1) is 9.67. The Morgan fingerprint density at radius 3 is 3.05 bits per heavy atom. The number of hydrogen-bond acceptors (Lipinski definition) is 6. The molecular weight excluding hydrogens is 294 g/mol. The molecule has 1 heterocycles. The van der Waals surface area contributed by atoms with E-state index >= 15 is 0 Å². The third-order valence-corrected chi connectivity index (χ3v) is 4.13. The Morgan fingerprint density at radius 1 is 1.45 bits per heavy atom. The lowest BCUT2D eigenvalue weighted by Gasteiger charge is -2.05. The van der Waals surface area contributed by atoms with E-state index in [-0.39, 0.29) is 12.5 Å². The predicted molar refractivity (Wildman–Crippen MR) is 81.6 cm³/mol. The van der Waals surface area contributed by atoms with Gasteiger partial charge in [0.1, 0.15) is 5.75 Å². The van der Waals surface area contributed by atoms with Crippen molar-refractivity contribution in [2.45, 2.75) is 18.2 Å². The maximum Gasteiger partial charge on any atom is 0.264 e. The average Bonchev–Trinajstić information content (AvgIpc) is 2.84. The number of thioether (sulfide) groups is 1. The number of amides is 1. The summed E-state index contributed by atoms with van der Waals surface area (Å²) in [7, 11) is 0. The standard InChI is InChI=1S/C13H15N3O2S2/c1-3-19-13-16-15-12(20-13)14-11(17)8-18-10-6-4-5-9(2)7-10/h4-7H,3,8H2,1-2H3,(H,14,15,17). The number of aryl methyl sites for hydroxylation is 1. The van der Waals surface area contributed by atoms with Crippen molar-refractivity contribution in [3.63, 3.8) is 0 Å². The van der Waals surface area contributed by atoms with E-state index in [0.717, 1.165) is 15.7 Å². The summed E-state index contributed by atoms with van der Waals surface area (Å²) in [4.78, 5) is 11.7. The topological polar surface area (TPSA) is 64.1 Å². The minimum Gasteiger partial charge on any atom is -0.484 e. The molecule has 0 spiro atoms. The molecule has 2 aromatic rings. The van der Waals surface area contributed by atoms with Crippen molar-refractivity contribution < 1.29 is 9.53 Å². The highest BCUT2D eigenvalue weighted by molar-refractivity contribution is 8.01. The van der Waals surface area contributed by atoms with Gasteiger partial charge >= 0.3 is 0 Å². The molecule has 0 saturated carbocycles. The fourth-order valence-electron chi connectivity index (χ4n) is 1.45. The second-order valence-corrected chi connectivity index (χ2v) is 6.45. The van der Waals surface area contributed by atoms with Crippen LogP contribution in [0.4, 0.5) is 5.13 Å². The fraction of sp³-hybridized carbons (Fsp3) is 0.308. The van der Waals surface area contributed by atoms with Gasteiger partial charge in [-0.2, -0.15) is 0 Å². The highest BCUT2D eigenvalue weighted by Gasteiger charge is 2.08. The van der Waals surface area contributed by atoms with Crippen LogP contribution in [0.15, 0.2) is 28.6 Å². The van der Waals surface area contributed by atoms with Crippen LogP contribution < -0.4 is 10.1 Å². The summed E-state index contributed by atoms with van der Waals surface area (Å²) in [6.45, 7) is 3.97. The molecule has 1 amide bonds. The van der Waals surface area contributed by atoms with Crippen LogP contribution in [-0.4, -0.2) is 28.5 Å². The maximum atomic E-state index is 11.7. The van der Waals surface area contributed by atoms with Gasteiger partial charge in [-0.1, -0.05) is 42.2 Å². The molecule has 5 nitrogen and oxygen atoms in total. The van der Waals surface area contributed by atoms with Gasteiger partial charge < -0.3 is 4.74 Å². The Balaban J connectivity index is 1.82. The Morgan fingerprint density at radius 2 is 2.30 bits per heavy atom. The van der Waals surface area contributed by atoms with E-state index in [9.17, 15) is 4.79 Å². The van der Waals surface area contributed by atoms with Gasteiger partial charge in [-0.3, -0.25) is 10.1 Å². The summed E-state index contributed by atoms with van der Waals surface area (Å²) in [5.41, 5.74) is 1.09. The van der Waals surface area contributed by atoms with Gasteiger partial charge in [0.25, 0.3) is 5.91 Å². The molecule has 0 radical (unpaired) electrons. The number of rotatable bonds is 6. The number of carbonyl (C=O) groups is 1. The molecule has 0 unspecified atom stereocenters. The van der Waals surface area contributed by atoms with Crippen LogP contribution in [0.2, 0.25) is 0 Å². The number of anilines is 1. The third-order valence-electron chi connectivity index (χ3n) is 2.28. The summed E-state index contributed by atoms with van der Waals surface area (Å²) >= 11 is 2.96. The predicted octanol–water partition coefficient (Wildman–Crippen LogP) is 2.98. The molecule has 1 aromatic heterocycles. The van der Waals surface area contributed by atoms with Crippen LogP contribution in [0.1, 0.15) is 12.5 Å². The molecule has 106 valence electrons. The van der Waals surface area contributed by atoms with Crippen molar-refractivity contribution in [2.24, 2.45) is 0 Å². The van der Waals surface area contributed by atoms with Gasteiger partial charge in [0.2, 0.25) is 5.13 Å². The quantitative estimate of drug-likeness (QED) is 0.656. The van der Waals surface area contributed by atoms with Crippen LogP contribution >= 0.6 is 23.1 Å². The van der Waals surface area contributed by atoms with E-state index < -0.39 is 0 Å². The molecular formula is C13H15N3O2S2. The van der Waals surface area contributed by atoms with Crippen molar-refractivity contribution in [1.82, 2.24) is 10.2 Å². The largest absolute Gasteiger partial charge is 0.484 e. The van der Waals surface area contributed by atoms with Crippen molar-refractivity contribution in [3.8, 4) is 5.75 Å². The normalized spacial score (nSPS) is 10.3. The van der Waals surface area contributed by atoms with Crippen molar-refractivity contribution in [3.05, 3.63) is 29.8 Å². The highest BCUT2D eigenvalue weighted by atomic mass is 32.2. The molecule has 20 heavy (non-hydrogen) atoms. The number of nitrogens with one attached hydrogen (secondary N) is 1. The van der Waals surface area contributed by atoms with Crippen molar-refractivity contribution >= 4 is 34.1 Å². The van der Waals surface area contributed by atoms with Gasteiger partial charge in [0, 0.05) is 0 Å². The lowest BCUT2D eigenvalue weighted by atomic mass is 10.2. The molecule has 0 atom stereocenters. The van der Waals surface area contributed by atoms with E-state index in [2.05, 4.69) is 15.5 Å². The van der Waals surface area contributed by atoms with E-state index in [1.54, 1.807) is 11.8 Å². The van der Waals surface area contributed by atoms with Gasteiger partial charge in [-0.15, -0.1) is 10.2 Å². The summed E-state index contributed by atoms with van der Waals surface area (Å²) < 4.78 is 6.26. The molecule has 7 heteroatoms. The fourth-order valence-corrected chi connectivity index (χ4v) is 3.12. The number of nitrogens with zero attached hydrogens (tertiary/aromatic N) is 2. The first-order valence-corrected chi connectivity index (χ1v) is 7.93. The number of benzene rings is 1. The number of ether oxygens (including phenoxy) is 1. The van der Waals surface area contributed by atoms with E-state index in [1.807, 2.05) is 38.1 Å². The monoisotopic (exact) mass is 309 g/mol. The minimum absolute atomic E-state index is 0.0424. The molecule has 0 aliphatic heterocycles. The van der Waals surface area contributed by atoms with Crippen LogP contribution in [0.25, 0.3) is 0 Å². The second kappa shape index (κ2) is 7.25. The Labute approximate surface area is 125 Å². The molecule has 2 rings (SSSR count). The van der Waals surface area contributed by atoms with Gasteiger partial charge in [0.15, 0.2) is 10.9 Å².